The molecule has 0 saturated carbocycles. The first-order chi connectivity index (χ1) is 13.5. The van der Waals surface area contributed by atoms with Crippen LogP contribution in [0.3, 0.4) is 0 Å². The zero-order chi connectivity index (χ0) is 19.7. The number of likely N-dealkylation sites (tertiary alicyclic amines) is 1. The Morgan fingerprint density at radius 1 is 1.04 bits per heavy atom. The van der Waals surface area contributed by atoms with Gasteiger partial charge in [0.15, 0.2) is 0 Å². The summed E-state index contributed by atoms with van der Waals surface area (Å²) in [6.45, 7) is 2.13. The van der Waals surface area contributed by atoms with Crippen molar-refractivity contribution in [3.05, 3.63) is 29.8 Å². The molecule has 1 aromatic carbocycles. The van der Waals surface area contributed by atoms with Crippen LogP contribution in [0.15, 0.2) is 29.2 Å². The van der Waals surface area contributed by atoms with E-state index >= 15 is 0 Å². The number of piperidine rings is 1. The van der Waals surface area contributed by atoms with Crippen molar-refractivity contribution in [2.75, 3.05) is 26.2 Å². The average Bonchev–Trinajstić information content (AvgIpc) is 2.92. The van der Waals surface area contributed by atoms with Crippen molar-refractivity contribution in [1.29, 1.82) is 0 Å². The van der Waals surface area contributed by atoms with Crippen molar-refractivity contribution in [3.8, 4) is 0 Å². The molecule has 2 amide bonds. The fourth-order valence-electron chi connectivity index (χ4n) is 4.59. The van der Waals surface area contributed by atoms with Crippen LogP contribution in [0.4, 0.5) is 0 Å². The summed E-state index contributed by atoms with van der Waals surface area (Å²) in [6.07, 6.45) is 5.42. The van der Waals surface area contributed by atoms with E-state index in [1.165, 1.54) is 6.07 Å². The Labute approximate surface area is 166 Å². The third-order valence-electron chi connectivity index (χ3n) is 6.15. The molecule has 3 aliphatic rings. The Morgan fingerprint density at radius 2 is 1.79 bits per heavy atom. The van der Waals surface area contributed by atoms with E-state index in [4.69, 9.17) is 0 Å². The Morgan fingerprint density at radius 3 is 2.54 bits per heavy atom. The lowest BCUT2D eigenvalue weighted by Crippen LogP contribution is -2.48. The van der Waals surface area contributed by atoms with Gasteiger partial charge in [-0.15, -0.1) is 0 Å². The molecule has 7 nitrogen and oxygen atoms in total. The zero-order valence-electron chi connectivity index (χ0n) is 16.0. The van der Waals surface area contributed by atoms with E-state index in [0.29, 0.717) is 31.7 Å². The Balaban J connectivity index is 1.58. The molecule has 4 rings (SSSR count). The molecule has 1 aromatic rings. The lowest BCUT2D eigenvalue weighted by atomic mass is 9.91. The van der Waals surface area contributed by atoms with E-state index in [9.17, 15) is 18.0 Å². The predicted octanol–water partition coefficient (Wildman–Crippen LogP) is 1.60. The van der Waals surface area contributed by atoms with Crippen molar-refractivity contribution in [1.82, 2.24) is 14.5 Å². The van der Waals surface area contributed by atoms with E-state index in [1.807, 2.05) is 0 Å². The number of carbonyl (C=O) groups is 2. The quantitative estimate of drug-likeness (QED) is 0.828. The minimum absolute atomic E-state index is 0.0139. The molecule has 3 aliphatic heterocycles. The fraction of sp³-hybridized carbons (Fsp3) is 0.600. The van der Waals surface area contributed by atoms with Crippen LogP contribution in [-0.2, 0) is 14.8 Å². The SMILES string of the molecule is O=C1NC[C@H]2[C@@H]1CCCN2C(=O)c1cccc(S(=O)(=O)N2CCCCCC2)c1. The highest BCUT2D eigenvalue weighted by Gasteiger charge is 2.42. The topological polar surface area (TPSA) is 86.8 Å². The first kappa shape index (κ1) is 19.4. The second kappa shape index (κ2) is 7.83. The summed E-state index contributed by atoms with van der Waals surface area (Å²) in [5, 5.41) is 2.85. The Hall–Kier alpha value is -1.93. The minimum Gasteiger partial charge on any atom is -0.354 e. The molecule has 0 radical (unpaired) electrons. The van der Waals surface area contributed by atoms with Crippen molar-refractivity contribution >= 4 is 21.8 Å². The number of sulfonamides is 1. The third kappa shape index (κ3) is 3.55. The first-order valence-electron chi connectivity index (χ1n) is 10.2. The van der Waals surface area contributed by atoms with Gasteiger partial charge in [0.05, 0.1) is 16.9 Å². The molecule has 2 atom stereocenters. The molecule has 3 fully saturated rings. The minimum atomic E-state index is -3.60. The second-order valence-electron chi connectivity index (χ2n) is 7.91. The summed E-state index contributed by atoms with van der Waals surface area (Å²) in [6, 6.07) is 6.22. The molecule has 1 N–H and O–H groups in total. The maximum Gasteiger partial charge on any atom is 0.254 e. The summed E-state index contributed by atoms with van der Waals surface area (Å²) >= 11 is 0. The van der Waals surface area contributed by atoms with Gasteiger partial charge in [0.1, 0.15) is 0 Å². The summed E-state index contributed by atoms with van der Waals surface area (Å²) in [7, 11) is -3.60. The van der Waals surface area contributed by atoms with Crippen molar-refractivity contribution in [3.63, 3.8) is 0 Å². The average molecular weight is 406 g/mol. The number of amides is 2. The highest BCUT2D eigenvalue weighted by molar-refractivity contribution is 7.89. The molecule has 0 aliphatic carbocycles. The molecule has 28 heavy (non-hydrogen) atoms. The van der Waals surface area contributed by atoms with Crippen LogP contribution in [0.25, 0.3) is 0 Å². The highest BCUT2D eigenvalue weighted by atomic mass is 32.2. The first-order valence-corrected chi connectivity index (χ1v) is 11.6. The molecule has 3 saturated heterocycles. The molecular weight excluding hydrogens is 378 g/mol. The van der Waals surface area contributed by atoms with Crippen LogP contribution in [0.1, 0.15) is 48.9 Å². The number of benzene rings is 1. The number of carbonyl (C=O) groups excluding carboxylic acids is 2. The van der Waals surface area contributed by atoms with Crippen LogP contribution in [0, 0.1) is 5.92 Å². The monoisotopic (exact) mass is 405 g/mol. The van der Waals surface area contributed by atoms with Gasteiger partial charge in [0.2, 0.25) is 15.9 Å². The van der Waals surface area contributed by atoms with Crippen LogP contribution < -0.4 is 5.32 Å². The number of hydrogen-bond donors (Lipinski definition) is 1. The molecule has 3 heterocycles. The second-order valence-corrected chi connectivity index (χ2v) is 9.84. The third-order valence-corrected chi connectivity index (χ3v) is 8.04. The number of nitrogens with zero attached hydrogens (tertiary/aromatic N) is 2. The van der Waals surface area contributed by atoms with E-state index < -0.39 is 10.0 Å². The van der Waals surface area contributed by atoms with E-state index in [0.717, 1.165) is 38.5 Å². The highest BCUT2D eigenvalue weighted by Crippen LogP contribution is 2.29. The van der Waals surface area contributed by atoms with E-state index in [2.05, 4.69) is 5.32 Å². The smallest absolute Gasteiger partial charge is 0.254 e. The van der Waals surface area contributed by atoms with Gasteiger partial charge in [0, 0.05) is 31.7 Å². The van der Waals surface area contributed by atoms with E-state index in [1.54, 1.807) is 27.4 Å². The molecular formula is C20H27N3O4S. The molecule has 0 aromatic heterocycles. The Bertz CT molecular complexity index is 862. The van der Waals surface area contributed by atoms with Gasteiger partial charge >= 0.3 is 0 Å². The van der Waals surface area contributed by atoms with Gasteiger partial charge in [0.25, 0.3) is 5.91 Å². The lowest BCUT2D eigenvalue weighted by molar-refractivity contribution is -0.123. The maximum absolute atomic E-state index is 13.1. The van der Waals surface area contributed by atoms with Crippen molar-refractivity contribution in [2.45, 2.75) is 49.5 Å². The van der Waals surface area contributed by atoms with Crippen LogP contribution >= 0.6 is 0 Å². The number of hydrogen-bond acceptors (Lipinski definition) is 4. The summed E-state index contributed by atoms with van der Waals surface area (Å²) in [5.41, 5.74) is 0.371. The number of nitrogens with one attached hydrogen (secondary N) is 1. The number of fused-ring (bicyclic) bond motifs is 1. The largest absolute Gasteiger partial charge is 0.354 e. The standard InChI is InChI=1S/C20H27N3O4S/c24-19-17-9-6-12-23(18(17)14-21-19)20(25)15-7-5-8-16(13-15)28(26,27)22-10-3-1-2-4-11-22/h5,7-8,13,17-18H,1-4,6,9-12,14H2,(H,21,24)/t17-,18-/m0/s1. The maximum atomic E-state index is 13.1. The van der Waals surface area contributed by atoms with Crippen LogP contribution in [-0.4, -0.2) is 61.7 Å². The molecule has 0 bridgehead atoms. The van der Waals surface area contributed by atoms with Gasteiger partial charge in [-0.25, -0.2) is 8.42 Å². The molecule has 8 heteroatoms. The van der Waals surface area contributed by atoms with Crippen LogP contribution in [0.5, 0.6) is 0 Å². The molecule has 152 valence electrons. The number of rotatable bonds is 3. The van der Waals surface area contributed by atoms with Crippen molar-refractivity contribution in [2.24, 2.45) is 5.92 Å². The molecule has 0 spiro atoms. The van der Waals surface area contributed by atoms with Crippen LogP contribution in [0.2, 0.25) is 0 Å². The van der Waals surface area contributed by atoms with Gasteiger partial charge in [-0.05, 0) is 43.9 Å². The summed E-state index contributed by atoms with van der Waals surface area (Å²) in [4.78, 5) is 27.0. The summed E-state index contributed by atoms with van der Waals surface area (Å²) < 4.78 is 27.7. The normalized spacial score (nSPS) is 26.4. The zero-order valence-corrected chi connectivity index (χ0v) is 16.8. The van der Waals surface area contributed by atoms with Gasteiger partial charge in [-0.2, -0.15) is 4.31 Å². The fourth-order valence-corrected chi connectivity index (χ4v) is 6.15. The van der Waals surface area contributed by atoms with Crippen molar-refractivity contribution < 1.29 is 18.0 Å². The summed E-state index contributed by atoms with van der Waals surface area (Å²) in [5.74, 6) is -0.333. The Kier molecular flexibility index (Phi) is 5.42. The predicted molar refractivity (Wildman–Crippen MR) is 104 cm³/mol. The van der Waals surface area contributed by atoms with Gasteiger partial charge in [-0.3, -0.25) is 9.59 Å². The lowest BCUT2D eigenvalue weighted by Gasteiger charge is -2.36. The van der Waals surface area contributed by atoms with Gasteiger partial charge < -0.3 is 10.2 Å². The van der Waals surface area contributed by atoms with Gasteiger partial charge in [-0.1, -0.05) is 18.9 Å². The van der Waals surface area contributed by atoms with E-state index in [-0.39, 0.29) is 28.7 Å². The molecule has 0 unspecified atom stereocenters.